The molecule has 4 rings (SSSR count). The number of aryl methyl sites for hydroxylation is 1. The second-order valence-electron chi connectivity index (χ2n) is 6.24. The molecule has 0 saturated carbocycles. The Bertz CT molecular complexity index is 698. The molecule has 2 N–H and O–H groups in total. The zero-order chi connectivity index (χ0) is 15.1. The molecule has 0 spiro atoms. The topological polar surface area (TPSA) is 41.5 Å². The van der Waals surface area contributed by atoms with Gasteiger partial charge in [-0.25, -0.2) is 0 Å². The number of nitrogens with one attached hydrogen (secondary N) is 1. The van der Waals surface area contributed by atoms with Gasteiger partial charge >= 0.3 is 0 Å². The number of hydrogen-bond acceptors (Lipinski definition) is 3. The predicted molar refractivity (Wildman–Crippen MR) is 87.1 cm³/mol. The quantitative estimate of drug-likeness (QED) is 0.872. The number of fused-ring (bicyclic) bond motifs is 3. The summed E-state index contributed by atoms with van der Waals surface area (Å²) in [4.78, 5) is 0. The summed E-state index contributed by atoms with van der Waals surface area (Å²) in [6, 6.07) is 14.4. The largest absolute Gasteiger partial charge is 0.508 e. The van der Waals surface area contributed by atoms with Crippen molar-refractivity contribution in [3.8, 4) is 5.75 Å². The third-order valence-corrected chi connectivity index (χ3v) is 4.94. The van der Waals surface area contributed by atoms with Gasteiger partial charge in [0.05, 0.1) is 12.1 Å². The van der Waals surface area contributed by atoms with Crippen molar-refractivity contribution in [3.63, 3.8) is 0 Å². The van der Waals surface area contributed by atoms with Crippen LogP contribution in [0.15, 0.2) is 42.5 Å². The fraction of sp³-hybridized carbons (Fsp3) is 0.368. The fourth-order valence-electron chi connectivity index (χ4n) is 3.79. The van der Waals surface area contributed by atoms with Crippen LogP contribution in [0.2, 0.25) is 0 Å². The lowest BCUT2D eigenvalue weighted by Gasteiger charge is -2.36. The summed E-state index contributed by atoms with van der Waals surface area (Å²) in [5.74, 6) is 0.739. The third kappa shape index (κ3) is 2.17. The lowest BCUT2D eigenvalue weighted by Crippen LogP contribution is -2.29. The number of phenolic OH excluding ortho intramolecular Hbond substituents is 1. The lowest BCUT2D eigenvalue weighted by molar-refractivity contribution is 0.0828. The minimum absolute atomic E-state index is 0.162. The van der Waals surface area contributed by atoms with E-state index in [0.717, 1.165) is 30.7 Å². The molecule has 0 bridgehead atoms. The highest BCUT2D eigenvalue weighted by Crippen LogP contribution is 2.50. The predicted octanol–water partition coefficient (Wildman–Crippen LogP) is 4.20. The minimum atomic E-state index is 0.162. The molecule has 1 fully saturated rings. The average Bonchev–Trinajstić information content (AvgIpc) is 3.03. The summed E-state index contributed by atoms with van der Waals surface area (Å²) < 4.78 is 6.06. The van der Waals surface area contributed by atoms with Crippen LogP contribution in [0.4, 0.5) is 5.69 Å². The smallest absolute Gasteiger partial charge is 0.115 e. The molecule has 3 atom stereocenters. The Morgan fingerprint density at radius 2 is 2.14 bits per heavy atom. The normalized spacial score (nSPS) is 26.1. The Morgan fingerprint density at radius 1 is 1.23 bits per heavy atom. The monoisotopic (exact) mass is 295 g/mol. The highest BCUT2D eigenvalue weighted by Gasteiger charge is 2.41. The van der Waals surface area contributed by atoms with Crippen LogP contribution in [0, 0.1) is 5.92 Å². The van der Waals surface area contributed by atoms with Crippen molar-refractivity contribution in [3.05, 3.63) is 59.2 Å². The molecular formula is C19H21NO2. The average molecular weight is 295 g/mol. The number of ether oxygens (including phenoxy) is 1. The van der Waals surface area contributed by atoms with Crippen molar-refractivity contribution in [2.24, 2.45) is 5.92 Å². The first-order valence-corrected chi connectivity index (χ1v) is 8.06. The van der Waals surface area contributed by atoms with Crippen molar-refractivity contribution in [1.82, 2.24) is 0 Å². The molecule has 22 heavy (non-hydrogen) atoms. The standard InChI is InChI=1S/C19H21NO2/c1-2-12-6-7-17-16(10-12)19-15(8-9-22-19)18(20-17)13-4-3-5-14(21)11-13/h3-7,10-11,15,18-21H,2,8-9H2,1H3/t15-,18+,19-/m0/s1. The Labute approximate surface area is 130 Å². The van der Waals surface area contributed by atoms with E-state index in [0.29, 0.717) is 11.7 Å². The Hall–Kier alpha value is -2.00. The van der Waals surface area contributed by atoms with Crippen molar-refractivity contribution >= 4 is 5.69 Å². The maximum absolute atomic E-state index is 9.79. The van der Waals surface area contributed by atoms with Crippen LogP contribution in [-0.4, -0.2) is 11.7 Å². The molecule has 0 radical (unpaired) electrons. The molecule has 0 unspecified atom stereocenters. The van der Waals surface area contributed by atoms with Gasteiger partial charge in [-0.15, -0.1) is 0 Å². The molecule has 2 heterocycles. The van der Waals surface area contributed by atoms with Crippen LogP contribution in [-0.2, 0) is 11.2 Å². The van der Waals surface area contributed by atoms with Crippen LogP contribution < -0.4 is 5.32 Å². The van der Waals surface area contributed by atoms with Crippen molar-refractivity contribution in [2.75, 3.05) is 11.9 Å². The first kappa shape index (κ1) is 13.6. The van der Waals surface area contributed by atoms with E-state index in [1.165, 1.54) is 11.1 Å². The second kappa shape index (κ2) is 5.33. The number of phenols is 1. The van der Waals surface area contributed by atoms with Gasteiger partial charge < -0.3 is 15.2 Å². The maximum atomic E-state index is 9.79. The van der Waals surface area contributed by atoms with E-state index >= 15 is 0 Å². The first-order valence-electron chi connectivity index (χ1n) is 8.06. The number of hydrogen-bond donors (Lipinski definition) is 2. The van der Waals surface area contributed by atoms with Gasteiger partial charge in [-0.05, 0) is 42.2 Å². The molecule has 2 aromatic rings. The van der Waals surface area contributed by atoms with Crippen LogP contribution in [0.1, 0.15) is 42.2 Å². The van der Waals surface area contributed by atoms with Crippen LogP contribution >= 0.6 is 0 Å². The highest BCUT2D eigenvalue weighted by atomic mass is 16.5. The molecule has 2 aliphatic heterocycles. The molecule has 2 aromatic carbocycles. The van der Waals surface area contributed by atoms with Crippen LogP contribution in [0.5, 0.6) is 5.75 Å². The van der Waals surface area contributed by atoms with E-state index in [2.05, 4.69) is 36.5 Å². The molecule has 0 aliphatic carbocycles. The zero-order valence-corrected chi connectivity index (χ0v) is 12.8. The summed E-state index contributed by atoms with van der Waals surface area (Å²) >= 11 is 0. The van der Waals surface area contributed by atoms with Crippen molar-refractivity contribution in [1.29, 1.82) is 0 Å². The van der Waals surface area contributed by atoms with Gasteiger partial charge in [0.2, 0.25) is 0 Å². The van der Waals surface area contributed by atoms with Gasteiger partial charge in [-0.1, -0.05) is 31.2 Å². The van der Waals surface area contributed by atoms with Crippen molar-refractivity contribution in [2.45, 2.75) is 31.9 Å². The van der Waals surface area contributed by atoms with Crippen molar-refractivity contribution < 1.29 is 9.84 Å². The Kier molecular flexibility index (Phi) is 3.30. The lowest BCUT2D eigenvalue weighted by atomic mass is 9.80. The summed E-state index contributed by atoms with van der Waals surface area (Å²) in [5.41, 5.74) is 4.93. The molecule has 2 aliphatic rings. The van der Waals surface area contributed by atoms with Gasteiger partial charge in [-0.2, -0.15) is 0 Å². The summed E-state index contributed by atoms with van der Waals surface area (Å²) in [5, 5.41) is 13.5. The number of benzene rings is 2. The van der Waals surface area contributed by atoms with Gasteiger partial charge in [0.1, 0.15) is 5.75 Å². The summed E-state index contributed by atoms with van der Waals surface area (Å²) in [6.45, 7) is 2.99. The maximum Gasteiger partial charge on any atom is 0.115 e. The molecule has 1 saturated heterocycles. The molecule has 0 aromatic heterocycles. The van der Waals surface area contributed by atoms with E-state index in [9.17, 15) is 5.11 Å². The minimum Gasteiger partial charge on any atom is -0.508 e. The Morgan fingerprint density at radius 3 is 2.95 bits per heavy atom. The first-order chi connectivity index (χ1) is 10.8. The van der Waals surface area contributed by atoms with E-state index < -0.39 is 0 Å². The van der Waals surface area contributed by atoms with E-state index in [1.807, 2.05) is 12.1 Å². The number of rotatable bonds is 2. The summed E-state index contributed by atoms with van der Waals surface area (Å²) in [7, 11) is 0. The van der Waals surface area contributed by atoms with Crippen LogP contribution in [0.25, 0.3) is 0 Å². The molecule has 114 valence electrons. The number of aromatic hydroxyl groups is 1. The molecule has 3 heteroatoms. The highest BCUT2D eigenvalue weighted by molar-refractivity contribution is 5.58. The summed E-state index contributed by atoms with van der Waals surface area (Å²) in [6.07, 6.45) is 2.25. The number of anilines is 1. The van der Waals surface area contributed by atoms with Gasteiger partial charge in [0.25, 0.3) is 0 Å². The van der Waals surface area contributed by atoms with E-state index in [4.69, 9.17) is 4.74 Å². The van der Waals surface area contributed by atoms with E-state index in [-0.39, 0.29) is 12.1 Å². The SMILES string of the molecule is CCc1ccc2c(c1)[C@H]1OCC[C@H]1[C@@H](c1cccc(O)c1)N2. The van der Waals surface area contributed by atoms with Gasteiger partial charge in [0, 0.05) is 23.8 Å². The van der Waals surface area contributed by atoms with E-state index in [1.54, 1.807) is 6.07 Å². The molecular weight excluding hydrogens is 274 g/mol. The van der Waals surface area contributed by atoms with Gasteiger partial charge in [-0.3, -0.25) is 0 Å². The fourth-order valence-corrected chi connectivity index (χ4v) is 3.79. The van der Waals surface area contributed by atoms with Gasteiger partial charge in [0.15, 0.2) is 0 Å². The Balaban J connectivity index is 1.77. The molecule has 0 amide bonds. The molecule has 3 nitrogen and oxygen atoms in total. The zero-order valence-electron chi connectivity index (χ0n) is 12.8. The van der Waals surface area contributed by atoms with Crippen LogP contribution in [0.3, 0.4) is 0 Å². The second-order valence-corrected chi connectivity index (χ2v) is 6.24. The third-order valence-electron chi connectivity index (χ3n) is 4.94.